The predicted molar refractivity (Wildman–Crippen MR) is 162 cm³/mol. The molecule has 5 heterocycles. The van der Waals surface area contributed by atoms with Crippen molar-refractivity contribution in [3.05, 3.63) is 52.2 Å². The van der Waals surface area contributed by atoms with Gasteiger partial charge in [-0.15, -0.1) is 0 Å². The van der Waals surface area contributed by atoms with E-state index in [1.807, 2.05) is 72.0 Å². The highest BCUT2D eigenvalue weighted by atomic mass is 16.2. The van der Waals surface area contributed by atoms with Gasteiger partial charge in [0.1, 0.15) is 17.0 Å². The number of likely N-dealkylation sites (tertiary alicyclic amines) is 1. The second kappa shape index (κ2) is 10.5. The minimum absolute atomic E-state index is 0.140. The van der Waals surface area contributed by atoms with Crippen molar-refractivity contribution >= 4 is 45.3 Å². The van der Waals surface area contributed by atoms with Crippen LogP contribution in [0.3, 0.4) is 0 Å². The molecule has 0 saturated carbocycles. The van der Waals surface area contributed by atoms with Gasteiger partial charge in [0, 0.05) is 51.7 Å². The molecule has 3 aromatic heterocycles. The Balaban J connectivity index is 1.40. The van der Waals surface area contributed by atoms with Crippen LogP contribution in [0.25, 0.3) is 27.7 Å². The molecule has 1 N–H and O–H groups in total. The smallest absolute Gasteiger partial charge is 0.259 e. The number of para-hydroxylation sites is 2. The number of anilines is 1. The Bertz CT molecular complexity index is 1700. The number of hydrogen-bond donors (Lipinski definition) is 1. The maximum absolute atomic E-state index is 13.9. The maximum Gasteiger partial charge on any atom is 0.259 e. The number of benzene rings is 1. The van der Waals surface area contributed by atoms with Crippen LogP contribution in [0.5, 0.6) is 0 Å². The largest absolute Gasteiger partial charge is 0.353 e. The molecule has 0 atom stereocenters. The molecule has 41 heavy (non-hydrogen) atoms. The molecular formula is C31H39N7O3. The van der Waals surface area contributed by atoms with E-state index < -0.39 is 5.41 Å². The highest BCUT2D eigenvalue weighted by Crippen LogP contribution is 2.27. The molecule has 4 aromatic rings. The summed E-state index contributed by atoms with van der Waals surface area (Å²) in [6.45, 7) is 11.8. The third-order valence-corrected chi connectivity index (χ3v) is 8.45. The lowest BCUT2D eigenvalue weighted by Gasteiger charge is -2.38. The predicted octanol–water partition coefficient (Wildman–Crippen LogP) is 2.86. The fraction of sp³-hybridized carbons (Fsp3) is 0.484. The molecule has 0 radical (unpaired) electrons. The van der Waals surface area contributed by atoms with E-state index in [1.54, 1.807) is 6.07 Å². The van der Waals surface area contributed by atoms with Crippen molar-refractivity contribution in [2.45, 2.75) is 33.6 Å². The molecule has 2 amide bonds. The van der Waals surface area contributed by atoms with E-state index in [2.05, 4.69) is 15.1 Å². The van der Waals surface area contributed by atoms with Crippen molar-refractivity contribution in [2.75, 3.05) is 57.3 Å². The lowest BCUT2D eigenvalue weighted by atomic mass is 9.94. The third-order valence-electron chi connectivity index (χ3n) is 8.45. The molecule has 1 aromatic carbocycles. The molecule has 10 nitrogen and oxygen atoms in total. The van der Waals surface area contributed by atoms with Gasteiger partial charge < -0.3 is 24.6 Å². The first-order chi connectivity index (χ1) is 19.6. The minimum atomic E-state index is -0.414. The van der Waals surface area contributed by atoms with Gasteiger partial charge in [0.05, 0.1) is 16.4 Å². The molecule has 2 saturated heterocycles. The van der Waals surface area contributed by atoms with Gasteiger partial charge in [-0.3, -0.25) is 18.8 Å². The monoisotopic (exact) mass is 557 g/mol. The van der Waals surface area contributed by atoms with Crippen molar-refractivity contribution in [3.8, 4) is 0 Å². The molecule has 10 heteroatoms. The number of fused-ring (bicyclic) bond motifs is 5. The summed E-state index contributed by atoms with van der Waals surface area (Å²) < 4.78 is 3.86. The quantitative estimate of drug-likeness (QED) is 0.406. The number of nitrogens with one attached hydrogen (secondary N) is 1. The van der Waals surface area contributed by atoms with Crippen LogP contribution in [0, 0.1) is 5.41 Å². The molecule has 0 spiro atoms. The van der Waals surface area contributed by atoms with Gasteiger partial charge in [0.2, 0.25) is 11.3 Å². The summed E-state index contributed by atoms with van der Waals surface area (Å²) >= 11 is 0. The topological polar surface area (TPSA) is 95.2 Å². The van der Waals surface area contributed by atoms with Gasteiger partial charge in [0.15, 0.2) is 5.65 Å². The average Bonchev–Trinajstić information content (AvgIpc) is 3.59. The number of imidazole rings is 1. The van der Waals surface area contributed by atoms with E-state index in [0.29, 0.717) is 49.4 Å². The van der Waals surface area contributed by atoms with E-state index in [9.17, 15) is 14.4 Å². The number of aromatic nitrogens is 3. The van der Waals surface area contributed by atoms with Gasteiger partial charge in [-0.1, -0.05) is 32.9 Å². The molecule has 0 unspecified atom stereocenters. The zero-order valence-corrected chi connectivity index (χ0v) is 24.4. The zero-order chi connectivity index (χ0) is 28.9. The van der Waals surface area contributed by atoms with Crippen molar-refractivity contribution in [1.82, 2.24) is 29.1 Å². The lowest BCUT2D eigenvalue weighted by molar-refractivity contribution is -0.139. The summed E-state index contributed by atoms with van der Waals surface area (Å²) in [5, 5.41) is 3.42. The van der Waals surface area contributed by atoms with Gasteiger partial charge in [-0.2, -0.15) is 0 Å². The number of carbonyl (C=O) groups is 2. The summed E-state index contributed by atoms with van der Waals surface area (Å²) in [5.74, 6) is 0.548. The third kappa shape index (κ3) is 4.84. The van der Waals surface area contributed by atoms with E-state index in [4.69, 9.17) is 4.98 Å². The van der Waals surface area contributed by atoms with Crippen molar-refractivity contribution in [2.24, 2.45) is 12.5 Å². The Labute approximate surface area is 239 Å². The average molecular weight is 558 g/mol. The zero-order valence-electron chi connectivity index (χ0n) is 24.4. The summed E-state index contributed by atoms with van der Waals surface area (Å²) in [5.41, 5.74) is 2.26. The first-order valence-electron chi connectivity index (χ1n) is 14.6. The molecule has 216 valence electrons. The summed E-state index contributed by atoms with van der Waals surface area (Å²) in [4.78, 5) is 51.7. The van der Waals surface area contributed by atoms with Crippen molar-refractivity contribution < 1.29 is 9.59 Å². The van der Waals surface area contributed by atoms with Crippen LogP contribution in [0.4, 0.5) is 5.82 Å². The highest BCUT2D eigenvalue weighted by Gasteiger charge is 2.30. The minimum Gasteiger partial charge on any atom is -0.353 e. The van der Waals surface area contributed by atoms with Crippen LogP contribution in [0.2, 0.25) is 0 Å². The first kappa shape index (κ1) is 27.3. The molecule has 0 aliphatic carbocycles. The van der Waals surface area contributed by atoms with Crippen molar-refractivity contribution in [1.29, 1.82) is 0 Å². The number of amides is 2. The van der Waals surface area contributed by atoms with E-state index in [1.165, 1.54) is 12.8 Å². The van der Waals surface area contributed by atoms with Crippen LogP contribution in [-0.2, 0) is 11.8 Å². The van der Waals surface area contributed by atoms with Crippen LogP contribution in [0.15, 0.2) is 41.2 Å². The van der Waals surface area contributed by atoms with Crippen molar-refractivity contribution in [3.63, 3.8) is 0 Å². The standard InChI is InChI=1S/C31H39N7O3/c1-31(2,3)30(41)37-19-17-36(18-20-37)24-12-11-21-26(39)25(28(40)32-13-16-35-14-7-8-15-35)29-34(4)22-9-5-6-10-23(22)38(29)27(21)33-24/h5-6,9-12H,7-8,13-20H2,1-4H3,(H,32,40). The SMILES string of the molecule is Cn1c2ccccc2n2c3nc(N4CCN(C(=O)C(C)(C)C)CC4)ccc3c(=O)c(C(=O)NCCN3CCCC3)c12. The van der Waals surface area contributed by atoms with E-state index >= 15 is 0 Å². The Hall–Kier alpha value is -3.92. The molecule has 6 rings (SSSR count). The maximum atomic E-state index is 13.9. The normalized spacial score (nSPS) is 16.8. The number of pyridine rings is 2. The van der Waals surface area contributed by atoms with Gasteiger partial charge >= 0.3 is 0 Å². The summed E-state index contributed by atoms with van der Waals surface area (Å²) in [6, 6.07) is 11.5. The van der Waals surface area contributed by atoms with Gasteiger partial charge in [-0.05, 0) is 50.2 Å². The van der Waals surface area contributed by atoms with Crippen LogP contribution >= 0.6 is 0 Å². The summed E-state index contributed by atoms with van der Waals surface area (Å²) in [7, 11) is 1.89. The molecule has 2 fully saturated rings. The number of nitrogens with zero attached hydrogens (tertiary/aromatic N) is 6. The van der Waals surface area contributed by atoms with Crippen LogP contribution in [0.1, 0.15) is 44.0 Å². The second-order valence-electron chi connectivity index (χ2n) is 12.3. The first-order valence-corrected chi connectivity index (χ1v) is 14.6. The number of carbonyl (C=O) groups excluding carboxylic acids is 2. The highest BCUT2D eigenvalue weighted by molar-refractivity contribution is 6.05. The Morgan fingerprint density at radius 1 is 0.927 bits per heavy atom. The number of piperazine rings is 1. The Morgan fingerprint density at radius 3 is 2.29 bits per heavy atom. The van der Waals surface area contributed by atoms with Gasteiger partial charge in [0.25, 0.3) is 5.91 Å². The van der Waals surface area contributed by atoms with Gasteiger partial charge in [-0.25, -0.2) is 4.98 Å². The Kier molecular flexibility index (Phi) is 6.97. The lowest BCUT2D eigenvalue weighted by Crippen LogP contribution is -2.51. The molecule has 0 bridgehead atoms. The molecule has 2 aliphatic rings. The molecular weight excluding hydrogens is 518 g/mol. The summed E-state index contributed by atoms with van der Waals surface area (Å²) in [6.07, 6.45) is 2.38. The number of rotatable bonds is 5. The number of hydrogen-bond acceptors (Lipinski definition) is 6. The molecule has 2 aliphatic heterocycles. The Morgan fingerprint density at radius 2 is 1.61 bits per heavy atom. The fourth-order valence-corrected chi connectivity index (χ4v) is 6.25. The van der Waals surface area contributed by atoms with E-state index in [0.717, 1.165) is 36.5 Å². The van der Waals surface area contributed by atoms with Crippen LogP contribution in [-0.4, -0.2) is 87.9 Å². The fourth-order valence-electron chi connectivity index (χ4n) is 6.25. The number of aryl methyl sites for hydroxylation is 1. The van der Waals surface area contributed by atoms with E-state index in [-0.39, 0.29) is 22.8 Å². The second-order valence-corrected chi connectivity index (χ2v) is 12.3. The van der Waals surface area contributed by atoms with Crippen LogP contribution < -0.4 is 15.6 Å².